The minimum atomic E-state index is -1.04. The van der Waals surface area contributed by atoms with Crippen LogP contribution in [0.15, 0.2) is 48.5 Å². The number of nitrogens with one attached hydrogen (secondary N) is 1. The van der Waals surface area contributed by atoms with E-state index in [4.69, 9.17) is 9.84 Å². The van der Waals surface area contributed by atoms with Crippen LogP contribution in [0.25, 0.3) is 0 Å². The minimum Gasteiger partial charge on any atom is -0.491 e. The number of hydrogen-bond acceptors (Lipinski definition) is 3. The molecule has 1 atom stereocenters. The molecule has 0 aliphatic rings. The zero-order valence-corrected chi connectivity index (χ0v) is 14.0. The fourth-order valence-electron chi connectivity index (χ4n) is 2.32. The smallest absolute Gasteiger partial charge is 0.305 e. The van der Waals surface area contributed by atoms with E-state index in [2.05, 4.69) is 5.32 Å². The summed E-state index contributed by atoms with van der Waals surface area (Å²) >= 11 is 0. The molecule has 2 N–H and O–H groups in total. The highest BCUT2D eigenvalue weighted by Gasteiger charge is 2.19. The molecule has 5 nitrogen and oxygen atoms in total. The van der Waals surface area contributed by atoms with Crippen LogP contribution in [0.2, 0.25) is 0 Å². The van der Waals surface area contributed by atoms with Gasteiger partial charge in [0.05, 0.1) is 18.6 Å². The molecule has 132 valence electrons. The summed E-state index contributed by atoms with van der Waals surface area (Å²) in [5, 5.41) is 11.8. The Hall–Kier alpha value is -2.89. The second kappa shape index (κ2) is 8.28. The maximum absolute atomic E-state index is 13.0. The second-order valence-corrected chi connectivity index (χ2v) is 5.87. The quantitative estimate of drug-likeness (QED) is 0.804. The van der Waals surface area contributed by atoms with Crippen LogP contribution < -0.4 is 10.1 Å². The van der Waals surface area contributed by atoms with Gasteiger partial charge in [0.1, 0.15) is 11.6 Å². The molecule has 0 aliphatic carbocycles. The fraction of sp³-hybridized carbons (Fsp3) is 0.263. The molecule has 0 aliphatic heterocycles. The maximum Gasteiger partial charge on any atom is 0.305 e. The van der Waals surface area contributed by atoms with Crippen molar-refractivity contribution in [1.29, 1.82) is 0 Å². The number of carbonyl (C=O) groups is 2. The molecule has 0 aromatic heterocycles. The monoisotopic (exact) mass is 345 g/mol. The number of benzene rings is 2. The Balaban J connectivity index is 2.16. The van der Waals surface area contributed by atoms with Gasteiger partial charge in [-0.2, -0.15) is 0 Å². The first kappa shape index (κ1) is 18.4. The summed E-state index contributed by atoms with van der Waals surface area (Å²) in [6.07, 6.45) is -0.240. The third-order valence-corrected chi connectivity index (χ3v) is 3.44. The van der Waals surface area contributed by atoms with Crippen LogP contribution >= 0.6 is 0 Å². The van der Waals surface area contributed by atoms with E-state index in [1.807, 2.05) is 13.8 Å². The molecule has 0 saturated carbocycles. The van der Waals surface area contributed by atoms with Gasteiger partial charge in [0.2, 0.25) is 0 Å². The predicted molar refractivity (Wildman–Crippen MR) is 91.1 cm³/mol. The van der Waals surface area contributed by atoms with Crippen LogP contribution in [0.1, 0.15) is 42.2 Å². The SMILES string of the molecule is CC(C)Oc1ccc([C@@H](CC(=O)O)NC(=O)c2ccc(F)cc2)cc1. The summed E-state index contributed by atoms with van der Waals surface area (Å²) < 4.78 is 18.5. The van der Waals surface area contributed by atoms with Crippen molar-refractivity contribution in [1.82, 2.24) is 5.32 Å². The summed E-state index contributed by atoms with van der Waals surface area (Å²) in [6, 6.07) is 11.3. The van der Waals surface area contributed by atoms with Crippen molar-refractivity contribution in [2.45, 2.75) is 32.4 Å². The molecule has 2 aromatic rings. The van der Waals surface area contributed by atoms with Crippen molar-refractivity contribution in [2.75, 3.05) is 0 Å². The molecule has 0 spiro atoms. The van der Waals surface area contributed by atoms with Crippen LogP contribution in [0.5, 0.6) is 5.75 Å². The molecule has 2 aromatic carbocycles. The Kier molecular flexibility index (Phi) is 6.11. The van der Waals surface area contributed by atoms with Crippen molar-refractivity contribution in [3.63, 3.8) is 0 Å². The summed E-state index contributed by atoms with van der Waals surface area (Å²) in [5.41, 5.74) is 0.908. The number of halogens is 1. The van der Waals surface area contributed by atoms with E-state index in [9.17, 15) is 14.0 Å². The number of hydrogen-bond donors (Lipinski definition) is 2. The normalized spacial score (nSPS) is 11.8. The lowest BCUT2D eigenvalue weighted by atomic mass is 10.0. The van der Waals surface area contributed by atoms with E-state index >= 15 is 0 Å². The molecule has 0 radical (unpaired) electrons. The molecule has 0 saturated heterocycles. The Labute approximate surface area is 145 Å². The van der Waals surface area contributed by atoms with Crippen molar-refractivity contribution in [3.05, 3.63) is 65.5 Å². The molecular formula is C19H20FNO4. The van der Waals surface area contributed by atoms with E-state index in [1.165, 1.54) is 24.3 Å². The van der Waals surface area contributed by atoms with Gasteiger partial charge in [0.25, 0.3) is 5.91 Å². The van der Waals surface area contributed by atoms with Gasteiger partial charge >= 0.3 is 5.97 Å². The van der Waals surface area contributed by atoms with Crippen LogP contribution in [0.4, 0.5) is 4.39 Å². The standard InChI is InChI=1S/C19H20FNO4/c1-12(2)25-16-9-5-13(6-10-16)17(11-18(22)23)21-19(24)14-3-7-15(20)8-4-14/h3-10,12,17H,11H2,1-2H3,(H,21,24)(H,22,23)/t17-/m1/s1. The lowest BCUT2D eigenvalue weighted by Gasteiger charge is -2.18. The molecular weight excluding hydrogens is 325 g/mol. The Bertz CT molecular complexity index is 726. The van der Waals surface area contributed by atoms with Gasteiger partial charge in [-0.1, -0.05) is 12.1 Å². The minimum absolute atomic E-state index is 0.0267. The Morgan fingerprint density at radius 2 is 1.68 bits per heavy atom. The van der Waals surface area contributed by atoms with Gasteiger partial charge in [-0.15, -0.1) is 0 Å². The topological polar surface area (TPSA) is 75.6 Å². The summed E-state index contributed by atoms with van der Waals surface area (Å²) in [4.78, 5) is 23.4. The summed E-state index contributed by atoms with van der Waals surface area (Å²) in [7, 11) is 0. The fourth-order valence-corrected chi connectivity index (χ4v) is 2.32. The van der Waals surface area contributed by atoms with Crippen molar-refractivity contribution in [2.24, 2.45) is 0 Å². The van der Waals surface area contributed by atoms with E-state index in [-0.39, 0.29) is 18.1 Å². The van der Waals surface area contributed by atoms with Gasteiger partial charge in [0.15, 0.2) is 0 Å². The molecule has 6 heteroatoms. The molecule has 0 fully saturated rings. The highest BCUT2D eigenvalue weighted by Crippen LogP contribution is 2.22. The number of ether oxygens (including phenoxy) is 1. The summed E-state index contributed by atoms with van der Waals surface area (Å²) in [5.74, 6) is -1.28. The average Bonchev–Trinajstić information content (AvgIpc) is 2.54. The number of amides is 1. The van der Waals surface area contributed by atoms with E-state index < -0.39 is 23.7 Å². The van der Waals surface area contributed by atoms with Crippen molar-refractivity contribution >= 4 is 11.9 Å². The number of rotatable bonds is 7. The van der Waals surface area contributed by atoms with E-state index in [0.717, 1.165) is 0 Å². The van der Waals surface area contributed by atoms with Gasteiger partial charge in [-0.05, 0) is 55.8 Å². The lowest BCUT2D eigenvalue weighted by molar-refractivity contribution is -0.137. The van der Waals surface area contributed by atoms with Crippen molar-refractivity contribution < 1.29 is 23.8 Å². The first-order chi connectivity index (χ1) is 11.8. The number of carbonyl (C=O) groups excluding carboxylic acids is 1. The second-order valence-electron chi connectivity index (χ2n) is 5.87. The van der Waals surface area contributed by atoms with Gasteiger partial charge < -0.3 is 15.2 Å². The number of carboxylic acid groups (broad SMARTS) is 1. The molecule has 1 amide bonds. The molecule has 0 heterocycles. The Morgan fingerprint density at radius 3 is 2.20 bits per heavy atom. The zero-order chi connectivity index (χ0) is 18.4. The number of carboxylic acids is 1. The average molecular weight is 345 g/mol. The van der Waals surface area contributed by atoms with Gasteiger partial charge in [-0.25, -0.2) is 4.39 Å². The maximum atomic E-state index is 13.0. The largest absolute Gasteiger partial charge is 0.491 e. The zero-order valence-electron chi connectivity index (χ0n) is 14.0. The molecule has 2 rings (SSSR count). The first-order valence-electron chi connectivity index (χ1n) is 7.90. The van der Waals surface area contributed by atoms with Crippen LogP contribution in [-0.2, 0) is 4.79 Å². The first-order valence-corrected chi connectivity index (χ1v) is 7.90. The van der Waals surface area contributed by atoms with Gasteiger partial charge in [0, 0.05) is 5.56 Å². The van der Waals surface area contributed by atoms with E-state index in [0.29, 0.717) is 11.3 Å². The highest BCUT2D eigenvalue weighted by molar-refractivity contribution is 5.94. The molecule has 0 unspecified atom stereocenters. The molecule has 0 bridgehead atoms. The summed E-state index contributed by atoms with van der Waals surface area (Å²) in [6.45, 7) is 3.81. The number of aliphatic carboxylic acids is 1. The predicted octanol–water partition coefficient (Wildman–Crippen LogP) is 3.56. The third-order valence-electron chi connectivity index (χ3n) is 3.44. The third kappa shape index (κ3) is 5.60. The van der Waals surface area contributed by atoms with Crippen molar-refractivity contribution in [3.8, 4) is 5.75 Å². The van der Waals surface area contributed by atoms with Crippen LogP contribution in [0.3, 0.4) is 0 Å². The Morgan fingerprint density at radius 1 is 1.08 bits per heavy atom. The van der Waals surface area contributed by atoms with Gasteiger partial charge in [-0.3, -0.25) is 9.59 Å². The van der Waals surface area contributed by atoms with E-state index in [1.54, 1.807) is 24.3 Å². The van der Waals surface area contributed by atoms with Crippen LogP contribution in [0, 0.1) is 5.82 Å². The highest BCUT2D eigenvalue weighted by atomic mass is 19.1. The molecule has 25 heavy (non-hydrogen) atoms. The van der Waals surface area contributed by atoms with Crippen LogP contribution in [-0.4, -0.2) is 23.1 Å². The lowest BCUT2D eigenvalue weighted by Crippen LogP contribution is -2.30.